The molecule has 0 unspecified atom stereocenters. The maximum Gasteiger partial charge on any atom is 0.123 e. The minimum Gasteiger partial charge on any atom is -0.315 e. The van der Waals surface area contributed by atoms with Crippen LogP contribution >= 0.6 is 23.2 Å². The standard InChI is InChI=1S/C16H14Cl2FN/c17-13-5-4-11(15(18)7-13)8-16(9-20-10-16)12-2-1-3-14(19)6-12/h1-7,20H,8-10H2. The summed E-state index contributed by atoms with van der Waals surface area (Å²) in [7, 11) is 0. The molecule has 4 heteroatoms. The molecule has 2 aromatic carbocycles. The van der Waals surface area contributed by atoms with E-state index in [0.29, 0.717) is 10.0 Å². The summed E-state index contributed by atoms with van der Waals surface area (Å²) in [5, 5.41) is 4.58. The van der Waals surface area contributed by atoms with Crippen LogP contribution in [0.3, 0.4) is 0 Å². The number of hydrogen-bond acceptors (Lipinski definition) is 1. The SMILES string of the molecule is Fc1cccc(C2(Cc3ccc(Cl)cc3Cl)CNC2)c1. The zero-order chi connectivity index (χ0) is 14.2. The van der Waals surface area contributed by atoms with Crippen molar-refractivity contribution in [2.75, 3.05) is 13.1 Å². The van der Waals surface area contributed by atoms with E-state index in [0.717, 1.165) is 30.6 Å². The van der Waals surface area contributed by atoms with E-state index in [-0.39, 0.29) is 11.2 Å². The smallest absolute Gasteiger partial charge is 0.123 e. The highest BCUT2D eigenvalue weighted by Gasteiger charge is 2.39. The first-order chi connectivity index (χ1) is 9.59. The third-order valence-electron chi connectivity index (χ3n) is 3.91. The van der Waals surface area contributed by atoms with Gasteiger partial charge in [0.1, 0.15) is 5.82 Å². The molecule has 0 radical (unpaired) electrons. The minimum atomic E-state index is -0.198. The molecule has 3 rings (SSSR count). The zero-order valence-electron chi connectivity index (χ0n) is 10.8. The number of nitrogens with one attached hydrogen (secondary N) is 1. The summed E-state index contributed by atoms with van der Waals surface area (Å²) in [6, 6.07) is 12.4. The summed E-state index contributed by atoms with van der Waals surface area (Å²) in [6.45, 7) is 1.66. The van der Waals surface area contributed by atoms with E-state index in [1.807, 2.05) is 18.2 Å². The Balaban J connectivity index is 1.94. The molecule has 1 N–H and O–H groups in total. The second kappa shape index (κ2) is 5.36. The Morgan fingerprint density at radius 2 is 1.90 bits per heavy atom. The van der Waals surface area contributed by atoms with E-state index >= 15 is 0 Å². The largest absolute Gasteiger partial charge is 0.315 e. The molecular weight excluding hydrogens is 296 g/mol. The lowest BCUT2D eigenvalue weighted by Crippen LogP contribution is -2.58. The van der Waals surface area contributed by atoms with E-state index < -0.39 is 0 Å². The molecule has 0 aromatic heterocycles. The molecule has 1 aliphatic heterocycles. The molecule has 20 heavy (non-hydrogen) atoms. The van der Waals surface area contributed by atoms with Crippen LogP contribution < -0.4 is 5.32 Å². The fraction of sp³-hybridized carbons (Fsp3) is 0.250. The molecule has 1 nitrogen and oxygen atoms in total. The van der Waals surface area contributed by atoms with Crippen molar-refractivity contribution in [1.82, 2.24) is 5.32 Å². The highest BCUT2D eigenvalue weighted by atomic mass is 35.5. The molecule has 0 saturated carbocycles. The minimum absolute atomic E-state index is 0.0838. The van der Waals surface area contributed by atoms with Crippen LogP contribution in [-0.4, -0.2) is 13.1 Å². The Morgan fingerprint density at radius 1 is 1.10 bits per heavy atom. The second-order valence-corrected chi connectivity index (χ2v) is 6.15. The molecule has 0 aliphatic carbocycles. The first kappa shape index (κ1) is 13.9. The van der Waals surface area contributed by atoms with Crippen molar-refractivity contribution in [2.45, 2.75) is 11.8 Å². The molecule has 104 valence electrons. The summed E-state index contributed by atoms with van der Waals surface area (Å²) in [6.07, 6.45) is 0.777. The molecule has 1 aliphatic rings. The predicted octanol–water partition coefficient (Wildman–Crippen LogP) is 4.22. The molecule has 0 bridgehead atoms. The highest BCUT2D eigenvalue weighted by Crippen LogP contribution is 2.35. The molecule has 0 spiro atoms. The maximum atomic E-state index is 13.5. The summed E-state index contributed by atoms with van der Waals surface area (Å²) in [4.78, 5) is 0. The van der Waals surface area contributed by atoms with Gasteiger partial charge in [-0.3, -0.25) is 0 Å². The van der Waals surface area contributed by atoms with Gasteiger partial charge in [0.2, 0.25) is 0 Å². The highest BCUT2D eigenvalue weighted by molar-refractivity contribution is 6.35. The van der Waals surface area contributed by atoms with Crippen LogP contribution in [0.2, 0.25) is 10.0 Å². The summed E-state index contributed by atoms with van der Waals surface area (Å²) < 4.78 is 13.5. The van der Waals surface area contributed by atoms with E-state index in [2.05, 4.69) is 5.32 Å². The quantitative estimate of drug-likeness (QED) is 0.895. The van der Waals surface area contributed by atoms with E-state index in [1.165, 1.54) is 6.07 Å². The predicted molar refractivity (Wildman–Crippen MR) is 81.1 cm³/mol. The van der Waals surface area contributed by atoms with Crippen LogP contribution in [0.5, 0.6) is 0 Å². The first-order valence-electron chi connectivity index (χ1n) is 6.50. The fourth-order valence-electron chi connectivity index (χ4n) is 2.71. The summed E-state index contributed by atoms with van der Waals surface area (Å²) >= 11 is 12.2. The number of hydrogen-bond donors (Lipinski definition) is 1. The van der Waals surface area contributed by atoms with Crippen LogP contribution in [-0.2, 0) is 11.8 Å². The Bertz CT molecular complexity index is 638. The lowest BCUT2D eigenvalue weighted by atomic mass is 9.71. The van der Waals surface area contributed by atoms with Gasteiger partial charge in [-0.15, -0.1) is 0 Å². The first-order valence-corrected chi connectivity index (χ1v) is 7.25. The van der Waals surface area contributed by atoms with Crippen molar-refractivity contribution in [2.24, 2.45) is 0 Å². The maximum absolute atomic E-state index is 13.5. The molecule has 1 heterocycles. The van der Waals surface area contributed by atoms with Crippen molar-refractivity contribution in [3.63, 3.8) is 0 Å². The molecule has 1 fully saturated rings. The van der Waals surface area contributed by atoms with Gasteiger partial charge in [-0.05, 0) is 41.8 Å². The number of halogens is 3. The van der Waals surface area contributed by atoms with Crippen LogP contribution in [0.25, 0.3) is 0 Å². The van der Waals surface area contributed by atoms with Crippen molar-refractivity contribution >= 4 is 23.2 Å². The van der Waals surface area contributed by atoms with Crippen molar-refractivity contribution in [3.8, 4) is 0 Å². The Kier molecular flexibility index (Phi) is 3.72. The Morgan fingerprint density at radius 3 is 2.50 bits per heavy atom. The van der Waals surface area contributed by atoms with Gasteiger partial charge in [-0.2, -0.15) is 0 Å². The lowest BCUT2D eigenvalue weighted by Gasteiger charge is -2.43. The molecule has 1 saturated heterocycles. The average molecular weight is 310 g/mol. The fourth-order valence-corrected chi connectivity index (χ4v) is 3.18. The van der Waals surface area contributed by atoms with Crippen molar-refractivity contribution in [1.29, 1.82) is 0 Å². The molecule has 0 atom stereocenters. The van der Waals surface area contributed by atoms with E-state index in [1.54, 1.807) is 18.2 Å². The van der Waals surface area contributed by atoms with Crippen LogP contribution in [0, 0.1) is 5.82 Å². The Labute approximate surface area is 127 Å². The van der Waals surface area contributed by atoms with Gasteiger partial charge in [0.15, 0.2) is 0 Å². The number of rotatable bonds is 3. The van der Waals surface area contributed by atoms with E-state index in [9.17, 15) is 4.39 Å². The molecular formula is C16H14Cl2FN. The number of benzene rings is 2. The van der Waals surface area contributed by atoms with Crippen LogP contribution in [0.15, 0.2) is 42.5 Å². The Hall–Kier alpha value is -1.09. The third kappa shape index (κ3) is 2.56. The van der Waals surface area contributed by atoms with Gasteiger partial charge < -0.3 is 5.32 Å². The molecule has 0 amide bonds. The van der Waals surface area contributed by atoms with Gasteiger partial charge in [0.05, 0.1) is 0 Å². The zero-order valence-corrected chi connectivity index (χ0v) is 12.3. The van der Waals surface area contributed by atoms with Crippen molar-refractivity contribution < 1.29 is 4.39 Å². The second-order valence-electron chi connectivity index (χ2n) is 5.31. The van der Waals surface area contributed by atoms with Gasteiger partial charge in [-0.25, -0.2) is 4.39 Å². The monoisotopic (exact) mass is 309 g/mol. The van der Waals surface area contributed by atoms with Gasteiger partial charge in [0, 0.05) is 28.5 Å². The lowest BCUT2D eigenvalue weighted by molar-refractivity contribution is 0.274. The van der Waals surface area contributed by atoms with Gasteiger partial charge >= 0.3 is 0 Å². The molecule has 2 aromatic rings. The normalized spacial score (nSPS) is 16.8. The van der Waals surface area contributed by atoms with E-state index in [4.69, 9.17) is 23.2 Å². The summed E-state index contributed by atoms with van der Waals surface area (Å²) in [5.74, 6) is -0.198. The van der Waals surface area contributed by atoms with Crippen LogP contribution in [0.1, 0.15) is 11.1 Å². The van der Waals surface area contributed by atoms with Gasteiger partial charge in [0.25, 0.3) is 0 Å². The topological polar surface area (TPSA) is 12.0 Å². The van der Waals surface area contributed by atoms with Crippen LogP contribution in [0.4, 0.5) is 4.39 Å². The third-order valence-corrected chi connectivity index (χ3v) is 4.49. The summed E-state index contributed by atoms with van der Waals surface area (Å²) in [5.41, 5.74) is 1.98. The van der Waals surface area contributed by atoms with Crippen molar-refractivity contribution in [3.05, 3.63) is 69.5 Å². The average Bonchev–Trinajstić information content (AvgIpc) is 2.36. The van der Waals surface area contributed by atoms with Gasteiger partial charge in [-0.1, -0.05) is 41.4 Å².